The maximum Gasteiger partial charge on any atom is 0.408 e. The molecule has 1 saturated heterocycles. The van der Waals surface area contributed by atoms with Crippen molar-refractivity contribution in [2.45, 2.75) is 64.0 Å². The molecule has 1 aliphatic carbocycles. The van der Waals surface area contributed by atoms with Gasteiger partial charge in [0.1, 0.15) is 28.3 Å². The summed E-state index contributed by atoms with van der Waals surface area (Å²) in [5, 5.41) is 10.5. The van der Waals surface area contributed by atoms with Gasteiger partial charge in [-0.2, -0.15) is 5.10 Å². The summed E-state index contributed by atoms with van der Waals surface area (Å²) in [5.74, 6) is -1.12. The summed E-state index contributed by atoms with van der Waals surface area (Å²) in [6, 6.07) is 8.71. The first kappa shape index (κ1) is 29.6. The van der Waals surface area contributed by atoms with Crippen LogP contribution in [0, 0.1) is 5.82 Å². The van der Waals surface area contributed by atoms with Gasteiger partial charge in [-0.15, -0.1) is 0 Å². The molecule has 2 N–H and O–H groups in total. The largest absolute Gasteiger partial charge is 0.492 e. The number of aromatic amines is 1. The van der Waals surface area contributed by atoms with Crippen molar-refractivity contribution in [3.8, 4) is 5.75 Å². The number of piperazine rings is 1. The highest BCUT2D eigenvalue weighted by atomic mass is 19.1. The molecule has 0 bridgehead atoms. The summed E-state index contributed by atoms with van der Waals surface area (Å²) >= 11 is 0. The van der Waals surface area contributed by atoms with Gasteiger partial charge >= 0.3 is 6.09 Å². The number of hydrogen-bond donors (Lipinski definition) is 2. The third-order valence-electron chi connectivity index (χ3n) is 8.54. The summed E-state index contributed by atoms with van der Waals surface area (Å²) < 4.78 is 27.3. The second-order valence-electron chi connectivity index (χ2n) is 12.7. The Balaban J connectivity index is 1.19. The smallest absolute Gasteiger partial charge is 0.408 e. The van der Waals surface area contributed by atoms with Crippen molar-refractivity contribution in [3.05, 3.63) is 68.9 Å². The summed E-state index contributed by atoms with van der Waals surface area (Å²) in [4.78, 5) is 55.3. The number of ether oxygens (including phenoxy) is 2. The van der Waals surface area contributed by atoms with Crippen molar-refractivity contribution >= 4 is 28.7 Å². The van der Waals surface area contributed by atoms with Crippen LogP contribution >= 0.6 is 0 Å². The molecule has 2 aromatic carbocycles. The third-order valence-corrected chi connectivity index (χ3v) is 8.54. The predicted octanol–water partition coefficient (Wildman–Crippen LogP) is 3.32. The van der Waals surface area contributed by atoms with Crippen LogP contribution in [0.5, 0.6) is 5.75 Å². The number of carbonyl (C=O) groups excluding carboxylic acids is 3. The molecule has 1 aromatic heterocycles. The molecule has 3 amide bonds. The van der Waals surface area contributed by atoms with Crippen LogP contribution in [-0.4, -0.2) is 81.8 Å². The standard InChI is InChI=1S/C32H36FN5O6/c1-31(2,3)44-30(42)34-32(10-6-11-32)29(41)38-14-12-37(13-15-38)28(40)24-25(33)20(17-19-9-16-43-26(19)24)18-23-21-7-4-5-8-22(21)27(39)36-35-23/h4-5,7-8,17H,6,9-16,18H2,1-3H3,(H,34,42)(H,36,39). The molecule has 11 nitrogen and oxygen atoms in total. The van der Waals surface area contributed by atoms with Gasteiger partial charge in [0.25, 0.3) is 11.5 Å². The van der Waals surface area contributed by atoms with E-state index in [9.17, 15) is 19.2 Å². The van der Waals surface area contributed by atoms with Crippen LogP contribution in [0.15, 0.2) is 35.1 Å². The monoisotopic (exact) mass is 605 g/mol. The second kappa shape index (κ2) is 11.2. The molecular weight excluding hydrogens is 569 g/mol. The Morgan fingerprint density at radius 2 is 1.77 bits per heavy atom. The van der Waals surface area contributed by atoms with E-state index in [1.807, 2.05) is 0 Å². The molecule has 3 aliphatic rings. The van der Waals surface area contributed by atoms with E-state index in [2.05, 4.69) is 15.5 Å². The molecule has 232 valence electrons. The minimum atomic E-state index is -1.01. The fourth-order valence-corrected chi connectivity index (χ4v) is 6.17. The number of aromatic nitrogens is 2. The van der Waals surface area contributed by atoms with Crippen molar-refractivity contribution in [3.63, 3.8) is 0 Å². The number of fused-ring (bicyclic) bond motifs is 2. The maximum absolute atomic E-state index is 16.2. The van der Waals surface area contributed by atoms with E-state index in [1.54, 1.807) is 56.0 Å². The van der Waals surface area contributed by atoms with E-state index in [1.165, 1.54) is 4.90 Å². The fourth-order valence-electron chi connectivity index (χ4n) is 6.17. The van der Waals surface area contributed by atoms with Crippen molar-refractivity contribution in [1.29, 1.82) is 0 Å². The lowest BCUT2D eigenvalue weighted by Gasteiger charge is -2.45. The number of alkyl carbamates (subject to hydrolysis) is 1. The van der Waals surface area contributed by atoms with Gasteiger partial charge in [0.2, 0.25) is 5.91 Å². The molecule has 0 spiro atoms. The average Bonchev–Trinajstić information content (AvgIpc) is 3.43. The molecule has 0 atom stereocenters. The van der Waals surface area contributed by atoms with Crippen LogP contribution in [0.4, 0.5) is 9.18 Å². The lowest BCUT2D eigenvalue weighted by atomic mass is 9.75. The first-order valence-electron chi connectivity index (χ1n) is 15.0. The zero-order valence-electron chi connectivity index (χ0n) is 25.1. The first-order chi connectivity index (χ1) is 21.0. The number of benzene rings is 2. The molecule has 2 fully saturated rings. The Kier molecular flexibility index (Phi) is 7.54. The highest BCUT2D eigenvalue weighted by molar-refractivity contribution is 5.98. The Bertz CT molecular complexity index is 1700. The van der Waals surface area contributed by atoms with Gasteiger partial charge in [0, 0.05) is 44.4 Å². The molecule has 12 heteroatoms. The van der Waals surface area contributed by atoms with Crippen molar-refractivity contribution < 1.29 is 28.2 Å². The molecule has 1 saturated carbocycles. The lowest BCUT2D eigenvalue weighted by Crippen LogP contribution is -2.66. The zero-order chi connectivity index (χ0) is 31.2. The molecular formula is C32H36FN5O6. The van der Waals surface area contributed by atoms with E-state index < -0.39 is 29.0 Å². The summed E-state index contributed by atoms with van der Waals surface area (Å²) in [5.41, 5.74) is -0.624. The van der Waals surface area contributed by atoms with Crippen LogP contribution in [-0.2, 0) is 22.4 Å². The third kappa shape index (κ3) is 5.48. The summed E-state index contributed by atoms with van der Waals surface area (Å²) in [6.07, 6.45) is 1.83. The number of nitrogens with one attached hydrogen (secondary N) is 2. The van der Waals surface area contributed by atoms with E-state index in [0.29, 0.717) is 42.3 Å². The Hall–Kier alpha value is -4.48. The molecule has 6 rings (SSSR count). The van der Waals surface area contributed by atoms with Gasteiger partial charge in [-0.25, -0.2) is 14.3 Å². The van der Waals surface area contributed by atoms with Gasteiger partial charge < -0.3 is 24.6 Å². The number of hydrogen-bond acceptors (Lipinski definition) is 7. The summed E-state index contributed by atoms with van der Waals surface area (Å²) in [7, 11) is 0. The quantitative estimate of drug-likeness (QED) is 0.456. The Morgan fingerprint density at radius 3 is 2.43 bits per heavy atom. The van der Waals surface area contributed by atoms with Gasteiger partial charge in [-0.05, 0) is 63.3 Å². The number of carbonyl (C=O) groups is 3. The fraction of sp³-hybridized carbons (Fsp3) is 0.469. The van der Waals surface area contributed by atoms with E-state index in [4.69, 9.17) is 9.47 Å². The molecule has 0 unspecified atom stereocenters. The van der Waals surface area contributed by atoms with Gasteiger partial charge in [0.15, 0.2) is 0 Å². The van der Waals surface area contributed by atoms with Gasteiger partial charge in [-0.1, -0.05) is 18.2 Å². The highest BCUT2D eigenvalue weighted by Crippen LogP contribution is 2.37. The zero-order valence-corrected chi connectivity index (χ0v) is 25.1. The SMILES string of the molecule is CC(C)(C)OC(=O)NC1(C(=O)N2CCN(C(=O)c3c(F)c(Cc4n[nH]c(=O)c5ccccc45)cc4c3OCC4)CC2)CCC1. The number of halogens is 1. The van der Waals surface area contributed by atoms with Crippen molar-refractivity contribution in [2.24, 2.45) is 0 Å². The van der Waals surface area contributed by atoms with Crippen LogP contribution in [0.1, 0.15) is 67.2 Å². The Morgan fingerprint density at radius 1 is 1.09 bits per heavy atom. The second-order valence-corrected chi connectivity index (χ2v) is 12.7. The molecule has 3 aromatic rings. The molecule has 44 heavy (non-hydrogen) atoms. The first-order valence-corrected chi connectivity index (χ1v) is 15.0. The Labute approximate surface area is 253 Å². The van der Waals surface area contributed by atoms with Gasteiger partial charge in [0.05, 0.1) is 17.7 Å². The van der Waals surface area contributed by atoms with Crippen LogP contribution in [0.2, 0.25) is 0 Å². The minimum absolute atomic E-state index is 0.0751. The van der Waals surface area contributed by atoms with E-state index in [0.717, 1.165) is 12.0 Å². The molecule has 3 heterocycles. The minimum Gasteiger partial charge on any atom is -0.492 e. The van der Waals surface area contributed by atoms with Crippen LogP contribution in [0.3, 0.4) is 0 Å². The number of H-pyrrole nitrogens is 1. The topological polar surface area (TPSA) is 134 Å². The molecule has 0 radical (unpaired) electrons. The summed E-state index contributed by atoms with van der Waals surface area (Å²) in [6.45, 7) is 6.54. The lowest BCUT2D eigenvalue weighted by molar-refractivity contribution is -0.143. The molecule has 2 aliphatic heterocycles. The highest BCUT2D eigenvalue weighted by Gasteiger charge is 2.49. The predicted molar refractivity (Wildman–Crippen MR) is 159 cm³/mol. The number of rotatable bonds is 5. The number of amides is 3. The van der Waals surface area contributed by atoms with E-state index in [-0.39, 0.29) is 60.9 Å². The van der Waals surface area contributed by atoms with Crippen molar-refractivity contribution in [2.75, 3.05) is 32.8 Å². The number of nitrogens with zero attached hydrogens (tertiary/aromatic N) is 3. The average molecular weight is 606 g/mol. The maximum atomic E-state index is 16.2. The van der Waals surface area contributed by atoms with Crippen molar-refractivity contribution in [1.82, 2.24) is 25.3 Å². The van der Waals surface area contributed by atoms with Crippen LogP contribution < -0.4 is 15.6 Å². The van der Waals surface area contributed by atoms with Gasteiger partial charge in [-0.3, -0.25) is 14.4 Å². The normalized spacial score (nSPS) is 17.5. The van der Waals surface area contributed by atoms with E-state index >= 15 is 4.39 Å². The van der Waals surface area contributed by atoms with Crippen LogP contribution in [0.25, 0.3) is 10.8 Å².